The number of carbonyl (C=O) groups is 1. The fourth-order valence-corrected chi connectivity index (χ4v) is 3.88. The van der Waals surface area contributed by atoms with Gasteiger partial charge in [0.15, 0.2) is 0 Å². The number of carbonyl (C=O) groups excluding carboxylic acids is 1. The van der Waals surface area contributed by atoms with Crippen LogP contribution in [0.4, 0.5) is 10.6 Å². The van der Waals surface area contributed by atoms with Gasteiger partial charge in [-0.3, -0.25) is 10.00 Å². The monoisotopic (exact) mass is 319 g/mol. The van der Waals surface area contributed by atoms with Crippen molar-refractivity contribution in [3.63, 3.8) is 0 Å². The third-order valence-electron chi connectivity index (χ3n) is 5.16. The molecule has 0 unspecified atom stereocenters. The van der Waals surface area contributed by atoms with E-state index in [1.807, 2.05) is 20.0 Å². The molecule has 2 amide bonds. The molecule has 0 atom stereocenters. The molecule has 128 valence electrons. The van der Waals surface area contributed by atoms with Crippen molar-refractivity contribution in [2.24, 2.45) is 13.0 Å². The van der Waals surface area contributed by atoms with Crippen molar-refractivity contribution in [3.8, 4) is 0 Å². The molecule has 6 heteroatoms. The first kappa shape index (κ1) is 16.3. The summed E-state index contributed by atoms with van der Waals surface area (Å²) in [6.45, 7) is 5.38. The minimum Gasteiger partial charge on any atom is -0.335 e. The zero-order valence-corrected chi connectivity index (χ0v) is 14.3. The van der Waals surface area contributed by atoms with E-state index < -0.39 is 0 Å². The van der Waals surface area contributed by atoms with Crippen LogP contribution in [0.15, 0.2) is 6.07 Å². The van der Waals surface area contributed by atoms with Crippen LogP contribution in [0, 0.1) is 12.8 Å². The molecule has 1 aliphatic carbocycles. The quantitative estimate of drug-likeness (QED) is 0.896. The molecule has 23 heavy (non-hydrogen) atoms. The Labute approximate surface area is 138 Å². The van der Waals surface area contributed by atoms with E-state index in [2.05, 4.69) is 20.6 Å². The second kappa shape index (κ2) is 7.34. The maximum absolute atomic E-state index is 12.1. The van der Waals surface area contributed by atoms with E-state index >= 15 is 0 Å². The molecule has 2 fully saturated rings. The molecule has 2 N–H and O–H groups in total. The summed E-state index contributed by atoms with van der Waals surface area (Å²) in [5, 5.41) is 10.2. The maximum Gasteiger partial charge on any atom is 0.320 e. The first-order valence-electron chi connectivity index (χ1n) is 8.90. The van der Waals surface area contributed by atoms with Crippen LogP contribution in [-0.4, -0.2) is 46.4 Å². The third kappa shape index (κ3) is 4.47. The predicted octanol–water partition coefficient (Wildman–Crippen LogP) is 2.50. The molecule has 1 saturated carbocycles. The van der Waals surface area contributed by atoms with E-state index in [-0.39, 0.29) is 12.1 Å². The summed E-state index contributed by atoms with van der Waals surface area (Å²) in [5.74, 6) is 1.65. The molecule has 1 aromatic rings. The number of rotatable bonds is 4. The molecular formula is C17H29N5O. The van der Waals surface area contributed by atoms with Gasteiger partial charge in [-0.15, -0.1) is 0 Å². The number of aromatic nitrogens is 2. The van der Waals surface area contributed by atoms with Gasteiger partial charge in [0.2, 0.25) is 0 Å². The number of amides is 2. The number of likely N-dealkylation sites (tertiary alicyclic amines) is 1. The van der Waals surface area contributed by atoms with Crippen LogP contribution in [0.5, 0.6) is 0 Å². The largest absolute Gasteiger partial charge is 0.335 e. The molecule has 1 saturated heterocycles. The molecule has 6 nitrogen and oxygen atoms in total. The van der Waals surface area contributed by atoms with Crippen LogP contribution in [-0.2, 0) is 7.05 Å². The number of aryl methyl sites for hydroxylation is 2. The molecule has 2 heterocycles. The van der Waals surface area contributed by atoms with Gasteiger partial charge in [-0.05, 0) is 38.5 Å². The SMILES string of the molecule is Cc1cc(NC(=O)NC2CCN(CC3CCCC3)CC2)n(C)n1. The van der Waals surface area contributed by atoms with E-state index in [1.165, 1.54) is 32.2 Å². The average Bonchev–Trinajstić information content (AvgIpc) is 3.11. The van der Waals surface area contributed by atoms with Crippen LogP contribution in [0.2, 0.25) is 0 Å². The van der Waals surface area contributed by atoms with E-state index in [1.54, 1.807) is 4.68 Å². The van der Waals surface area contributed by atoms with Gasteiger partial charge in [-0.2, -0.15) is 5.10 Å². The van der Waals surface area contributed by atoms with E-state index in [9.17, 15) is 4.79 Å². The Balaban J connectivity index is 1.39. The Morgan fingerprint density at radius 3 is 2.57 bits per heavy atom. The van der Waals surface area contributed by atoms with Crippen molar-refractivity contribution in [1.29, 1.82) is 0 Å². The second-order valence-electron chi connectivity index (χ2n) is 7.12. The predicted molar refractivity (Wildman–Crippen MR) is 91.5 cm³/mol. The lowest BCUT2D eigenvalue weighted by Crippen LogP contribution is -2.46. The molecule has 3 rings (SSSR count). The lowest BCUT2D eigenvalue weighted by molar-refractivity contribution is 0.173. The van der Waals surface area contributed by atoms with E-state index in [0.29, 0.717) is 0 Å². The summed E-state index contributed by atoms with van der Waals surface area (Å²) < 4.78 is 1.69. The highest BCUT2D eigenvalue weighted by Gasteiger charge is 2.24. The molecule has 0 aromatic carbocycles. The van der Waals surface area contributed by atoms with Gasteiger partial charge in [0, 0.05) is 38.8 Å². The lowest BCUT2D eigenvalue weighted by atomic mass is 10.0. The molecule has 2 aliphatic rings. The van der Waals surface area contributed by atoms with Gasteiger partial charge in [-0.1, -0.05) is 12.8 Å². The highest BCUT2D eigenvalue weighted by atomic mass is 16.2. The van der Waals surface area contributed by atoms with Crippen LogP contribution in [0.25, 0.3) is 0 Å². The minimum atomic E-state index is -0.123. The Bertz CT molecular complexity index is 527. The molecule has 0 spiro atoms. The van der Waals surface area contributed by atoms with Gasteiger partial charge in [0.05, 0.1) is 5.69 Å². The third-order valence-corrected chi connectivity index (χ3v) is 5.16. The first-order valence-corrected chi connectivity index (χ1v) is 8.90. The van der Waals surface area contributed by atoms with Crippen molar-refractivity contribution in [2.45, 2.75) is 51.5 Å². The summed E-state index contributed by atoms with van der Waals surface area (Å²) in [6, 6.07) is 2.04. The topological polar surface area (TPSA) is 62.2 Å². The Kier molecular flexibility index (Phi) is 5.20. The van der Waals surface area contributed by atoms with Crippen LogP contribution < -0.4 is 10.6 Å². The number of hydrogen-bond acceptors (Lipinski definition) is 3. The smallest absolute Gasteiger partial charge is 0.320 e. The van der Waals surface area contributed by atoms with Crippen LogP contribution in [0.3, 0.4) is 0 Å². The normalized spacial score (nSPS) is 20.8. The molecule has 0 radical (unpaired) electrons. The van der Waals surface area contributed by atoms with Crippen molar-refractivity contribution in [3.05, 3.63) is 11.8 Å². The van der Waals surface area contributed by atoms with Gasteiger partial charge in [-0.25, -0.2) is 4.79 Å². The summed E-state index contributed by atoms with van der Waals surface area (Å²) in [7, 11) is 1.84. The number of piperidine rings is 1. The highest BCUT2D eigenvalue weighted by molar-refractivity contribution is 5.88. The Morgan fingerprint density at radius 2 is 1.96 bits per heavy atom. The number of hydrogen-bond donors (Lipinski definition) is 2. The fourth-order valence-electron chi connectivity index (χ4n) is 3.88. The number of nitrogens with zero attached hydrogens (tertiary/aromatic N) is 3. The molecule has 1 aromatic heterocycles. The number of anilines is 1. The molecule has 1 aliphatic heterocycles. The standard InChI is InChI=1S/C17H29N5O/c1-13-11-16(21(2)20-13)19-17(23)18-15-7-9-22(10-8-15)12-14-5-3-4-6-14/h11,14-15H,3-10,12H2,1-2H3,(H2,18,19,23). The van der Waals surface area contributed by atoms with Gasteiger partial charge >= 0.3 is 6.03 Å². The highest BCUT2D eigenvalue weighted by Crippen LogP contribution is 2.26. The van der Waals surface area contributed by atoms with E-state index in [4.69, 9.17) is 0 Å². The maximum atomic E-state index is 12.1. The first-order chi connectivity index (χ1) is 11.1. The van der Waals surface area contributed by atoms with Crippen molar-refractivity contribution < 1.29 is 4.79 Å². The zero-order valence-electron chi connectivity index (χ0n) is 14.3. The van der Waals surface area contributed by atoms with Crippen molar-refractivity contribution in [2.75, 3.05) is 25.0 Å². The van der Waals surface area contributed by atoms with Crippen molar-refractivity contribution in [1.82, 2.24) is 20.0 Å². The summed E-state index contributed by atoms with van der Waals surface area (Å²) in [4.78, 5) is 14.7. The van der Waals surface area contributed by atoms with Gasteiger partial charge < -0.3 is 10.2 Å². The minimum absolute atomic E-state index is 0.123. The average molecular weight is 319 g/mol. The van der Waals surface area contributed by atoms with Gasteiger partial charge in [0.1, 0.15) is 5.82 Å². The molecule has 0 bridgehead atoms. The summed E-state index contributed by atoms with van der Waals surface area (Å²) in [6.07, 6.45) is 7.73. The van der Waals surface area contributed by atoms with Crippen LogP contribution >= 0.6 is 0 Å². The summed E-state index contributed by atoms with van der Waals surface area (Å²) in [5.41, 5.74) is 0.906. The zero-order chi connectivity index (χ0) is 16.2. The van der Waals surface area contributed by atoms with Gasteiger partial charge in [0.25, 0.3) is 0 Å². The lowest BCUT2D eigenvalue weighted by Gasteiger charge is -2.33. The fraction of sp³-hybridized carbons (Fsp3) is 0.765. The Hall–Kier alpha value is -1.56. The molecular weight excluding hydrogens is 290 g/mol. The number of urea groups is 1. The van der Waals surface area contributed by atoms with Crippen LogP contribution in [0.1, 0.15) is 44.2 Å². The second-order valence-corrected chi connectivity index (χ2v) is 7.12. The summed E-state index contributed by atoms with van der Waals surface area (Å²) >= 11 is 0. The van der Waals surface area contributed by atoms with E-state index in [0.717, 1.165) is 43.4 Å². The van der Waals surface area contributed by atoms with Crippen molar-refractivity contribution >= 4 is 11.8 Å². The number of nitrogens with one attached hydrogen (secondary N) is 2. The Morgan fingerprint density at radius 1 is 1.26 bits per heavy atom.